The largest absolute Gasteiger partial charge is 0.493 e. The van der Waals surface area contributed by atoms with Gasteiger partial charge in [0.25, 0.3) is 0 Å². The van der Waals surface area contributed by atoms with Crippen LogP contribution in [0.2, 0.25) is 0 Å². The van der Waals surface area contributed by atoms with Crippen molar-refractivity contribution in [1.82, 2.24) is 0 Å². The molecular formula is C28H35F3O3. The first kappa shape index (κ1) is 26.1. The molecule has 34 heavy (non-hydrogen) atoms. The molecule has 0 radical (unpaired) electrons. The molecule has 3 nitrogen and oxygen atoms in total. The van der Waals surface area contributed by atoms with E-state index in [4.69, 9.17) is 9.47 Å². The van der Waals surface area contributed by atoms with Crippen LogP contribution in [0.4, 0.5) is 13.2 Å². The Morgan fingerprint density at radius 2 is 1.82 bits per heavy atom. The summed E-state index contributed by atoms with van der Waals surface area (Å²) in [5, 5.41) is 9.98. The van der Waals surface area contributed by atoms with Gasteiger partial charge in [-0.25, -0.2) is 8.78 Å². The van der Waals surface area contributed by atoms with E-state index in [9.17, 15) is 18.3 Å². The van der Waals surface area contributed by atoms with E-state index >= 15 is 0 Å². The molecule has 0 spiro atoms. The van der Waals surface area contributed by atoms with E-state index in [1.807, 2.05) is 25.1 Å². The van der Waals surface area contributed by atoms with Crippen LogP contribution in [0.25, 0.3) is 0 Å². The average molecular weight is 477 g/mol. The highest BCUT2D eigenvalue weighted by atomic mass is 19.2. The van der Waals surface area contributed by atoms with Gasteiger partial charge in [0, 0.05) is 11.6 Å². The lowest BCUT2D eigenvalue weighted by Crippen LogP contribution is -2.20. The normalized spacial score (nSPS) is 19.0. The van der Waals surface area contributed by atoms with Crippen LogP contribution in [0, 0.1) is 23.4 Å². The number of unbranched alkanes of at least 4 members (excludes halogenated alkanes) is 1. The van der Waals surface area contributed by atoms with Crippen molar-refractivity contribution in [3.05, 3.63) is 71.6 Å². The van der Waals surface area contributed by atoms with E-state index in [0.717, 1.165) is 38.5 Å². The molecule has 0 aromatic heterocycles. The summed E-state index contributed by atoms with van der Waals surface area (Å²) < 4.78 is 54.6. The van der Waals surface area contributed by atoms with Gasteiger partial charge in [-0.3, -0.25) is 0 Å². The minimum Gasteiger partial charge on any atom is -0.493 e. The maximum absolute atomic E-state index is 14.7. The van der Waals surface area contributed by atoms with E-state index in [0.29, 0.717) is 30.8 Å². The summed E-state index contributed by atoms with van der Waals surface area (Å²) in [6, 6.07) is 7.86. The van der Waals surface area contributed by atoms with Crippen LogP contribution in [0.5, 0.6) is 11.5 Å². The maximum atomic E-state index is 14.7. The van der Waals surface area contributed by atoms with Gasteiger partial charge in [0.2, 0.25) is 5.82 Å². The van der Waals surface area contributed by atoms with Gasteiger partial charge in [0.15, 0.2) is 11.6 Å². The number of aliphatic hydroxyl groups excluding tert-OH is 1. The number of ether oxygens (including phenoxy) is 2. The molecule has 0 bridgehead atoms. The van der Waals surface area contributed by atoms with E-state index in [2.05, 4.69) is 6.58 Å². The predicted octanol–water partition coefficient (Wildman–Crippen LogP) is 7.64. The highest BCUT2D eigenvalue weighted by Gasteiger charge is 2.26. The zero-order chi connectivity index (χ0) is 24.5. The first-order valence-corrected chi connectivity index (χ1v) is 12.3. The predicted molar refractivity (Wildman–Crippen MR) is 128 cm³/mol. The molecule has 2 aromatic rings. The van der Waals surface area contributed by atoms with E-state index in [-0.39, 0.29) is 35.6 Å². The van der Waals surface area contributed by atoms with E-state index < -0.39 is 17.7 Å². The van der Waals surface area contributed by atoms with Gasteiger partial charge in [0.1, 0.15) is 11.6 Å². The Labute approximate surface area is 200 Å². The number of benzene rings is 2. The summed E-state index contributed by atoms with van der Waals surface area (Å²) in [5.74, 6) is -1.64. The fraction of sp³-hybridized carbons (Fsp3) is 0.500. The summed E-state index contributed by atoms with van der Waals surface area (Å²) in [4.78, 5) is 0. The molecule has 0 saturated heterocycles. The Morgan fingerprint density at radius 1 is 1.06 bits per heavy atom. The molecule has 1 atom stereocenters. The van der Waals surface area contributed by atoms with Crippen LogP contribution >= 0.6 is 0 Å². The van der Waals surface area contributed by atoms with Gasteiger partial charge in [0.05, 0.1) is 19.3 Å². The Hall–Kier alpha value is -2.47. The monoisotopic (exact) mass is 476 g/mol. The Kier molecular flexibility index (Phi) is 9.87. The number of hydrogen-bond donors (Lipinski definition) is 1. The molecule has 1 fully saturated rings. The van der Waals surface area contributed by atoms with Gasteiger partial charge in [-0.2, -0.15) is 4.39 Å². The molecule has 6 heteroatoms. The zero-order valence-electron chi connectivity index (χ0n) is 19.9. The Balaban J connectivity index is 1.50. The number of allylic oxidation sites excluding steroid dienone is 1. The smallest absolute Gasteiger partial charge is 0.200 e. The number of hydrogen-bond acceptors (Lipinski definition) is 3. The summed E-state index contributed by atoms with van der Waals surface area (Å²) in [7, 11) is 0. The van der Waals surface area contributed by atoms with Crippen molar-refractivity contribution in [2.24, 2.45) is 5.92 Å². The van der Waals surface area contributed by atoms with Crippen molar-refractivity contribution in [2.75, 3.05) is 13.2 Å². The molecule has 3 rings (SSSR count). The van der Waals surface area contributed by atoms with Crippen LogP contribution in [0.1, 0.15) is 81.4 Å². The van der Waals surface area contributed by atoms with Crippen molar-refractivity contribution >= 4 is 0 Å². The Bertz CT molecular complexity index is 939. The summed E-state index contributed by atoms with van der Waals surface area (Å²) >= 11 is 0. The third-order valence-electron chi connectivity index (χ3n) is 6.55. The fourth-order valence-corrected chi connectivity index (χ4v) is 4.54. The van der Waals surface area contributed by atoms with Crippen molar-refractivity contribution in [3.63, 3.8) is 0 Å². The van der Waals surface area contributed by atoms with Gasteiger partial charge < -0.3 is 14.6 Å². The lowest BCUT2D eigenvalue weighted by atomic mass is 9.79. The highest BCUT2D eigenvalue weighted by molar-refractivity contribution is 5.33. The zero-order valence-corrected chi connectivity index (χ0v) is 19.9. The van der Waals surface area contributed by atoms with Crippen LogP contribution in [-0.2, 0) is 0 Å². The standard InChI is InChI=1S/C28H35F3O3/c1-3-5-6-16-33-21-12-13-22(24(29)17-21)20-10-8-19(9-11-20)18-34-26-15-14-23(25(32)7-4-2)27(30)28(26)31/h3,12-15,17,19-20,25,32H,1,4-11,16,18H2,2H3. The van der Waals surface area contributed by atoms with Gasteiger partial charge in [-0.1, -0.05) is 25.5 Å². The lowest BCUT2D eigenvalue weighted by Gasteiger charge is -2.29. The minimum absolute atomic E-state index is 0.0394. The molecule has 0 heterocycles. The molecule has 1 aliphatic rings. The van der Waals surface area contributed by atoms with Crippen molar-refractivity contribution in [1.29, 1.82) is 0 Å². The molecule has 1 aliphatic carbocycles. The third-order valence-corrected chi connectivity index (χ3v) is 6.55. The molecule has 1 saturated carbocycles. The van der Waals surface area contributed by atoms with Crippen LogP contribution in [0.3, 0.4) is 0 Å². The number of aliphatic hydroxyl groups is 1. The number of halogens is 3. The van der Waals surface area contributed by atoms with Crippen LogP contribution < -0.4 is 9.47 Å². The van der Waals surface area contributed by atoms with E-state index in [1.54, 1.807) is 0 Å². The summed E-state index contributed by atoms with van der Waals surface area (Å²) in [6.07, 6.45) is 6.81. The molecule has 186 valence electrons. The quantitative estimate of drug-likeness (QED) is 0.253. The topological polar surface area (TPSA) is 38.7 Å². The minimum atomic E-state index is -1.06. The summed E-state index contributed by atoms with van der Waals surface area (Å²) in [6.45, 7) is 6.35. The summed E-state index contributed by atoms with van der Waals surface area (Å²) in [5.41, 5.74) is 0.662. The maximum Gasteiger partial charge on any atom is 0.200 e. The fourth-order valence-electron chi connectivity index (χ4n) is 4.54. The van der Waals surface area contributed by atoms with Gasteiger partial charge in [-0.15, -0.1) is 6.58 Å². The molecule has 2 aromatic carbocycles. The van der Waals surface area contributed by atoms with Crippen molar-refractivity contribution < 1.29 is 27.8 Å². The highest BCUT2D eigenvalue weighted by Crippen LogP contribution is 2.38. The SMILES string of the molecule is C=CCCCOc1ccc(C2CCC(COc3ccc(C(O)CCC)c(F)c3F)CC2)c(F)c1. The second kappa shape index (κ2) is 12.8. The van der Waals surface area contributed by atoms with Crippen LogP contribution in [-0.4, -0.2) is 18.3 Å². The van der Waals surface area contributed by atoms with E-state index in [1.165, 1.54) is 18.2 Å². The molecule has 0 amide bonds. The third kappa shape index (κ3) is 6.78. The van der Waals surface area contributed by atoms with Gasteiger partial charge in [-0.05, 0) is 80.5 Å². The average Bonchev–Trinajstić information content (AvgIpc) is 2.83. The molecular weight excluding hydrogens is 441 g/mol. The Morgan fingerprint density at radius 3 is 2.50 bits per heavy atom. The molecule has 1 unspecified atom stereocenters. The van der Waals surface area contributed by atoms with Crippen LogP contribution in [0.15, 0.2) is 43.0 Å². The molecule has 0 aliphatic heterocycles. The first-order chi connectivity index (χ1) is 16.4. The van der Waals surface area contributed by atoms with Crippen molar-refractivity contribution in [2.45, 2.75) is 70.3 Å². The first-order valence-electron chi connectivity index (χ1n) is 12.3. The second-order valence-electron chi connectivity index (χ2n) is 9.08. The second-order valence-corrected chi connectivity index (χ2v) is 9.08. The van der Waals surface area contributed by atoms with Gasteiger partial charge >= 0.3 is 0 Å². The molecule has 1 N–H and O–H groups in total. The van der Waals surface area contributed by atoms with Crippen molar-refractivity contribution in [3.8, 4) is 11.5 Å². The lowest BCUT2D eigenvalue weighted by molar-refractivity contribution is 0.159. The number of rotatable bonds is 12.